The summed E-state index contributed by atoms with van der Waals surface area (Å²) in [4.78, 5) is 34.7. The van der Waals surface area contributed by atoms with Crippen LogP contribution in [-0.4, -0.2) is 66.9 Å². The van der Waals surface area contributed by atoms with E-state index in [2.05, 4.69) is 15.3 Å². The monoisotopic (exact) mass is 577 g/mol. The number of hydrogen-bond donors (Lipinski definition) is 3. The number of rotatable bonds is 14. The lowest BCUT2D eigenvalue weighted by molar-refractivity contribution is -0.168. The van der Waals surface area contributed by atoms with E-state index in [1.54, 1.807) is 30.3 Å². The Balaban J connectivity index is 1.39. The summed E-state index contributed by atoms with van der Waals surface area (Å²) >= 11 is 0. The number of carbonyl (C=O) groups excluding carboxylic acids is 1. The Hall–Kier alpha value is -4.03. The largest absolute Gasteiger partial charge is 0.464 e. The highest BCUT2D eigenvalue weighted by Gasteiger charge is 2.39. The van der Waals surface area contributed by atoms with E-state index in [0.29, 0.717) is 55.2 Å². The lowest BCUT2D eigenvalue weighted by Gasteiger charge is -2.36. The topological polar surface area (TPSA) is 145 Å². The minimum Gasteiger partial charge on any atom is -0.464 e. The maximum absolute atomic E-state index is 13.6. The highest BCUT2D eigenvalue weighted by molar-refractivity contribution is 5.91. The Morgan fingerprint density at radius 2 is 1.86 bits per heavy atom. The van der Waals surface area contributed by atoms with E-state index < -0.39 is 18.1 Å². The first-order chi connectivity index (χ1) is 20.6. The van der Waals surface area contributed by atoms with E-state index in [-0.39, 0.29) is 36.9 Å². The SMILES string of the molecule is CCO[C@H]1OC(C(=O)NCc2nc3ccccc3[nH]2)=C[C@@H](c2coc3ccccc3c2=O)[C@H]1CCOCCOCCO. The Kier molecular flexibility index (Phi) is 9.98. The van der Waals surface area contributed by atoms with E-state index in [1.165, 1.54) is 6.26 Å². The summed E-state index contributed by atoms with van der Waals surface area (Å²) in [6, 6.07) is 14.7. The maximum atomic E-state index is 13.6. The number of imidazole rings is 1. The van der Waals surface area contributed by atoms with Gasteiger partial charge < -0.3 is 38.8 Å². The number of nitrogens with one attached hydrogen (secondary N) is 2. The number of amides is 1. The molecule has 5 rings (SSSR count). The molecule has 2 aromatic carbocycles. The molecule has 3 N–H and O–H groups in total. The summed E-state index contributed by atoms with van der Waals surface area (Å²) in [5.74, 6) is -0.688. The van der Waals surface area contributed by atoms with Crippen LogP contribution in [0.4, 0.5) is 0 Å². The van der Waals surface area contributed by atoms with Crippen molar-refractivity contribution >= 4 is 27.9 Å². The van der Waals surface area contributed by atoms with Crippen LogP contribution in [0.2, 0.25) is 0 Å². The van der Waals surface area contributed by atoms with Crippen LogP contribution in [0.3, 0.4) is 0 Å². The molecule has 3 atom stereocenters. The summed E-state index contributed by atoms with van der Waals surface area (Å²) in [7, 11) is 0. The number of allylic oxidation sites excluding steroid dienone is 1. The third-order valence-electron chi connectivity index (χ3n) is 7.06. The van der Waals surface area contributed by atoms with Crippen LogP contribution < -0.4 is 10.7 Å². The molecular formula is C31H35N3O8. The molecule has 2 aromatic heterocycles. The zero-order valence-electron chi connectivity index (χ0n) is 23.4. The second-order valence-corrected chi connectivity index (χ2v) is 9.80. The molecule has 1 amide bonds. The molecule has 1 aliphatic rings. The predicted octanol–water partition coefficient (Wildman–Crippen LogP) is 3.38. The Morgan fingerprint density at radius 1 is 1.07 bits per heavy atom. The number of para-hydroxylation sites is 3. The van der Waals surface area contributed by atoms with Gasteiger partial charge in [-0.15, -0.1) is 0 Å². The molecule has 4 aromatic rings. The molecule has 42 heavy (non-hydrogen) atoms. The van der Waals surface area contributed by atoms with Gasteiger partial charge in [0.25, 0.3) is 5.91 Å². The molecule has 1 aliphatic heterocycles. The summed E-state index contributed by atoms with van der Waals surface area (Å²) in [5.41, 5.74) is 2.38. The van der Waals surface area contributed by atoms with Gasteiger partial charge in [-0.05, 0) is 43.7 Å². The molecule has 0 spiro atoms. The van der Waals surface area contributed by atoms with Gasteiger partial charge in [0.1, 0.15) is 11.4 Å². The van der Waals surface area contributed by atoms with Gasteiger partial charge in [-0.2, -0.15) is 0 Å². The highest BCUT2D eigenvalue weighted by Crippen LogP contribution is 2.38. The van der Waals surface area contributed by atoms with Gasteiger partial charge in [0.2, 0.25) is 6.29 Å². The smallest absolute Gasteiger partial charge is 0.286 e. The molecular weight excluding hydrogens is 542 g/mol. The lowest BCUT2D eigenvalue weighted by Crippen LogP contribution is -2.40. The minimum atomic E-state index is -0.808. The number of ether oxygens (including phenoxy) is 4. The van der Waals surface area contributed by atoms with Gasteiger partial charge in [-0.1, -0.05) is 24.3 Å². The highest BCUT2D eigenvalue weighted by atomic mass is 16.7. The fourth-order valence-corrected chi connectivity index (χ4v) is 5.06. The zero-order valence-corrected chi connectivity index (χ0v) is 23.4. The normalized spacial score (nSPS) is 18.6. The van der Waals surface area contributed by atoms with E-state index in [1.807, 2.05) is 31.2 Å². The molecule has 0 radical (unpaired) electrons. The third kappa shape index (κ3) is 6.88. The second-order valence-electron chi connectivity index (χ2n) is 9.80. The van der Waals surface area contributed by atoms with Crippen LogP contribution in [0.1, 0.15) is 30.7 Å². The molecule has 0 unspecified atom stereocenters. The molecule has 0 fully saturated rings. The van der Waals surface area contributed by atoms with Crippen molar-refractivity contribution < 1.29 is 33.3 Å². The number of hydrogen-bond acceptors (Lipinski definition) is 9. The first-order valence-corrected chi connectivity index (χ1v) is 14.1. The quantitative estimate of drug-likeness (QED) is 0.192. The molecule has 222 valence electrons. The fourth-order valence-electron chi connectivity index (χ4n) is 5.06. The Labute approximate surface area is 242 Å². The van der Waals surface area contributed by atoms with Gasteiger partial charge >= 0.3 is 0 Å². The Bertz CT molecular complexity index is 1550. The maximum Gasteiger partial charge on any atom is 0.286 e. The van der Waals surface area contributed by atoms with Crippen LogP contribution in [0, 0.1) is 5.92 Å². The summed E-state index contributed by atoms with van der Waals surface area (Å²) in [6.45, 7) is 3.58. The number of aliphatic hydroxyl groups excluding tert-OH is 1. The Morgan fingerprint density at radius 3 is 2.67 bits per heavy atom. The van der Waals surface area contributed by atoms with E-state index in [4.69, 9.17) is 28.5 Å². The van der Waals surface area contributed by atoms with Gasteiger partial charge in [0.15, 0.2) is 11.2 Å². The van der Waals surface area contributed by atoms with Crippen LogP contribution in [-0.2, 0) is 30.3 Å². The van der Waals surface area contributed by atoms with E-state index in [0.717, 1.165) is 11.0 Å². The molecule has 0 aliphatic carbocycles. The van der Waals surface area contributed by atoms with Crippen molar-refractivity contribution in [1.82, 2.24) is 15.3 Å². The number of aromatic nitrogens is 2. The van der Waals surface area contributed by atoms with Crippen LogP contribution in [0.5, 0.6) is 0 Å². The predicted molar refractivity (Wildman–Crippen MR) is 155 cm³/mol. The van der Waals surface area contributed by atoms with Gasteiger partial charge in [-0.25, -0.2) is 4.98 Å². The van der Waals surface area contributed by atoms with Gasteiger partial charge in [0.05, 0.1) is 55.7 Å². The number of nitrogens with zero attached hydrogens (tertiary/aromatic N) is 1. The third-order valence-corrected chi connectivity index (χ3v) is 7.06. The van der Waals surface area contributed by atoms with E-state index in [9.17, 15) is 9.59 Å². The number of fused-ring (bicyclic) bond motifs is 2. The zero-order chi connectivity index (χ0) is 29.3. The van der Waals surface area contributed by atoms with Crippen molar-refractivity contribution in [1.29, 1.82) is 0 Å². The molecule has 0 saturated heterocycles. The fraction of sp³-hybridized carbons (Fsp3) is 0.387. The number of aromatic amines is 1. The minimum absolute atomic E-state index is 0.0496. The number of H-pyrrole nitrogens is 1. The average Bonchev–Trinajstić information content (AvgIpc) is 3.43. The lowest BCUT2D eigenvalue weighted by atomic mass is 9.81. The second kappa shape index (κ2) is 14.2. The average molecular weight is 578 g/mol. The van der Waals surface area contributed by atoms with Crippen LogP contribution in [0.15, 0.2) is 75.8 Å². The molecule has 0 saturated carbocycles. The summed E-state index contributed by atoms with van der Waals surface area (Å²) < 4.78 is 28.9. The van der Waals surface area contributed by atoms with Crippen LogP contribution in [0.25, 0.3) is 22.0 Å². The first-order valence-electron chi connectivity index (χ1n) is 14.1. The van der Waals surface area contributed by atoms with Crippen LogP contribution >= 0.6 is 0 Å². The van der Waals surface area contributed by atoms with Crippen molar-refractivity contribution in [2.75, 3.05) is 39.6 Å². The summed E-state index contributed by atoms with van der Waals surface area (Å²) in [5, 5.41) is 12.2. The molecule has 0 bridgehead atoms. The van der Waals surface area contributed by atoms with Gasteiger partial charge in [-0.3, -0.25) is 9.59 Å². The van der Waals surface area contributed by atoms with Crippen molar-refractivity contribution in [3.05, 3.63) is 88.2 Å². The van der Waals surface area contributed by atoms with Gasteiger partial charge in [0, 0.05) is 30.6 Å². The summed E-state index contributed by atoms with van der Waals surface area (Å²) in [6.07, 6.45) is 2.80. The number of carbonyl (C=O) groups is 1. The molecule has 11 nitrogen and oxygen atoms in total. The first kappa shape index (κ1) is 29.5. The van der Waals surface area contributed by atoms with Crippen molar-refractivity contribution in [3.63, 3.8) is 0 Å². The standard InChI is InChI=1S/C31H35N3O8/c1-2-40-31-20(11-13-38-15-16-39-14-12-35)22(23-19-41-26-10-6-3-7-21(26)29(23)36)17-27(42-31)30(37)32-18-28-33-24-8-4-5-9-25(24)34-28/h3-10,17,19-20,22,31,35H,2,11-16,18H2,1H3,(H,32,37)(H,33,34)/t20-,22-,31+/m1/s1. The van der Waals surface area contributed by atoms with E-state index >= 15 is 0 Å². The van der Waals surface area contributed by atoms with Crippen molar-refractivity contribution in [2.24, 2.45) is 5.92 Å². The van der Waals surface area contributed by atoms with Crippen molar-refractivity contribution in [2.45, 2.75) is 32.1 Å². The number of benzene rings is 2. The van der Waals surface area contributed by atoms with Crippen molar-refractivity contribution in [3.8, 4) is 0 Å². The molecule has 3 heterocycles. The number of aliphatic hydroxyl groups is 1. The molecule has 11 heteroatoms.